The topological polar surface area (TPSA) is 63.2 Å². The van der Waals surface area contributed by atoms with E-state index in [1.165, 1.54) is 12.1 Å². The second-order valence-corrected chi connectivity index (χ2v) is 5.82. The number of carbonyl (C=O) groups is 1. The van der Waals surface area contributed by atoms with Gasteiger partial charge in [-0.25, -0.2) is 4.39 Å². The van der Waals surface area contributed by atoms with Crippen LogP contribution < -0.4 is 15.4 Å². The molecule has 5 nitrogen and oxygen atoms in total. The number of hydrogen-bond donors (Lipinski definition) is 2. The Morgan fingerprint density at radius 3 is 2.48 bits per heavy atom. The van der Waals surface area contributed by atoms with E-state index in [2.05, 4.69) is 15.6 Å². The molecule has 1 amide bonds. The fraction of sp³-hybridized carbons (Fsp3) is 0.143. The zero-order chi connectivity index (χ0) is 19.1. The van der Waals surface area contributed by atoms with Crippen molar-refractivity contribution in [2.75, 3.05) is 17.2 Å². The smallest absolute Gasteiger partial charge is 0.274 e. The normalized spacial score (nSPS) is 10.3. The van der Waals surface area contributed by atoms with Crippen molar-refractivity contribution in [2.24, 2.45) is 0 Å². The van der Waals surface area contributed by atoms with Gasteiger partial charge in [-0.2, -0.15) is 0 Å². The minimum Gasteiger partial charge on any atom is -0.494 e. The summed E-state index contributed by atoms with van der Waals surface area (Å²) in [5.41, 5.74) is 2.66. The molecule has 0 saturated carbocycles. The van der Waals surface area contributed by atoms with Gasteiger partial charge in [0.1, 0.15) is 17.3 Å². The van der Waals surface area contributed by atoms with Crippen LogP contribution in [0.4, 0.5) is 15.8 Å². The van der Waals surface area contributed by atoms with Crippen LogP contribution in [0.25, 0.3) is 0 Å². The molecule has 1 aromatic heterocycles. The Kier molecular flexibility index (Phi) is 5.99. The van der Waals surface area contributed by atoms with Crippen molar-refractivity contribution in [3.63, 3.8) is 0 Å². The van der Waals surface area contributed by atoms with Crippen LogP contribution in [-0.4, -0.2) is 17.5 Å². The Bertz CT molecular complexity index is 896. The largest absolute Gasteiger partial charge is 0.494 e. The van der Waals surface area contributed by atoms with Crippen molar-refractivity contribution >= 4 is 17.3 Å². The maximum Gasteiger partial charge on any atom is 0.274 e. The van der Waals surface area contributed by atoms with E-state index in [9.17, 15) is 9.18 Å². The maximum atomic E-state index is 13.0. The van der Waals surface area contributed by atoms with Gasteiger partial charge in [-0.3, -0.25) is 9.78 Å². The highest BCUT2D eigenvalue weighted by Gasteiger charge is 2.09. The molecule has 0 aliphatic rings. The molecule has 0 atom stereocenters. The summed E-state index contributed by atoms with van der Waals surface area (Å²) in [7, 11) is 0. The van der Waals surface area contributed by atoms with Crippen LogP contribution in [0.15, 0.2) is 66.9 Å². The van der Waals surface area contributed by atoms with Crippen LogP contribution in [-0.2, 0) is 6.54 Å². The van der Waals surface area contributed by atoms with E-state index in [0.29, 0.717) is 24.5 Å². The lowest BCUT2D eigenvalue weighted by Crippen LogP contribution is -2.14. The number of amides is 1. The molecule has 2 N–H and O–H groups in total. The van der Waals surface area contributed by atoms with Crippen LogP contribution in [0.5, 0.6) is 5.75 Å². The number of rotatable bonds is 7. The van der Waals surface area contributed by atoms with Crippen LogP contribution in [0.2, 0.25) is 0 Å². The zero-order valence-corrected chi connectivity index (χ0v) is 14.9. The van der Waals surface area contributed by atoms with Gasteiger partial charge in [0.25, 0.3) is 5.91 Å². The molecule has 0 unspecified atom stereocenters. The highest BCUT2D eigenvalue weighted by Crippen LogP contribution is 2.17. The molecular weight excluding hydrogens is 345 g/mol. The Balaban J connectivity index is 1.61. The monoisotopic (exact) mass is 365 g/mol. The lowest BCUT2D eigenvalue weighted by atomic mass is 10.2. The predicted octanol–water partition coefficient (Wildman–Crippen LogP) is 4.48. The molecule has 0 aliphatic carbocycles. The van der Waals surface area contributed by atoms with Gasteiger partial charge in [0.05, 0.1) is 6.61 Å². The molecule has 3 aromatic rings. The fourth-order valence-corrected chi connectivity index (χ4v) is 2.47. The highest BCUT2D eigenvalue weighted by molar-refractivity contribution is 6.03. The molecule has 0 fully saturated rings. The van der Waals surface area contributed by atoms with E-state index in [0.717, 1.165) is 17.0 Å². The summed E-state index contributed by atoms with van der Waals surface area (Å²) in [5.74, 6) is 0.182. The van der Waals surface area contributed by atoms with Gasteiger partial charge in [0, 0.05) is 24.1 Å². The second-order valence-electron chi connectivity index (χ2n) is 5.82. The fourth-order valence-electron chi connectivity index (χ4n) is 2.47. The van der Waals surface area contributed by atoms with Gasteiger partial charge in [-0.05, 0) is 61.0 Å². The minimum absolute atomic E-state index is 0.268. The summed E-state index contributed by atoms with van der Waals surface area (Å²) < 4.78 is 18.3. The number of aromatic nitrogens is 1. The van der Waals surface area contributed by atoms with Crippen molar-refractivity contribution in [1.82, 2.24) is 4.98 Å². The lowest BCUT2D eigenvalue weighted by Gasteiger charge is -2.09. The Hall–Kier alpha value is -3.41. The SMILES string of the molecule is CCOc1ccc(NC(=O)c2cc(NCc3ccc(F)cc3)ccn2)cc1. The summed E-state index contributed by atoms with van der Waals surface area (Å²) in [6.45, 7) is 3.02. The van der Waals surface area contributed by atoms with Gasteiger partial charge in [-0.1, -0.05) is 12.1 Å². The summed E-state index contributed by atoms with van der Waals surface area (Å²) in [6.07, 6.45) is 1.57. The van der Waals surface area contributed by atoms with Crippen LogP contribution in [0.3, 0.4) is 0 Å². The predicted molar refractivity (Wildman–Crippen MR) is 104 cm³/mol. The quantitative estimate of drug-likeness (QED) is 0.648. The lowest BCUT2D eigenvalue weighted by molar-refractivity contribution is 0.102. The molecule has 0 spiro atoms. The van der Waals surface area contributed by atoms with E-state index in [1.54, 1.807) is 54.7 Å². The number of pyridine rings is 1. The standard InChI is InChI=1S/C21H20FN3O2/c1-2-27-19-9-7-17(8-10-19)25-21(26)20-13-18(11-12-23-20)24-14-15-3-5-16(22)6-4-15/h3-13H,2,14H2,1H3,(H,23,24)(H,25,26). The van der Waals surface area contributed by atoms with E-state index >= 15 is 0 Å². The number of carbonyl (C=O) groups excluding carboxylic acids is 1. The van der Waals surface area contributed by atoms with Gasteiger partial charge in [-0.15, -0.1) is 0 Å². The molecular formula is C21H20FN3O2. The average molecular weight is 365 g/mol. The number of benzene rings is 2. The maximum absolute atomic E-state index is 13.0. The molecule has 27 heavy (non-hydrogen) atoms. The third kappa shape index (κ3) is 5.28. The molecule has 1 heterocycles. The van der Waals surface area contributed by atoms with Gasteiger partial charge >= 0.3 is 0 Å². The first-order valence-corrected chi connectivity index (χ1v) is 8.62. The Labute approximate surface area is 157 Å². The highest BCUT2D eigenvalue weighted by atomic mass is 19.1. The van der Waals surface area contributed by atoms with Crippen LogP contribution >= 0.6 is 0 Å². The summed E-state index contributed by atoms with van der Waals surface area (Å²) in [5, 5.41) is 6.01. The zero-order valence-electron chi connectivity index (χ0n) is 14.9. The van der Waals surface area contributed by atoms with Gasteiger partial charge in [0.15, 0.2) is 0 Å². The molecule has 3 rings (SSSR count). The first-order chi connectivity index (χ1) is 13.1. The number of nitrogens with zero attached hydrogens (tertiary/aromatic N) is 1. The van der Waals surface area contributed by atoms with Crippen molar-refractivity contribution < 1.29 is 13.9 Å². The second kappa shape index (κ2) is 8.80. The number of halogens is 1. The summed E-state index contributed by atoms with van der Waals surface area (Å²) >= 11 is 0. The molecule has 0 aliphatic heterocycles. The molecule has 0 saturated heterocycles. The van der Waals surface area contributed by atoms with E-state index < -0.39 is 0 Å². The van der Waals surface area contributed by atoms with Crippen molar-refractivity contribution in [3.8, 4) is 5.75 Å². The third-order valence-corrected chi connectivity index (χ3v) is 3.83. The minimum atomic E-state index is -0.301. The molecule has 138 valence electrons. The molecule has 6 heteroatoms. The molecule has 0 radical (unpaired) electrons. The van der Waals surface area contributed by atoms with E-state index in [1.807, 2.05) is 6.92 Å². The Morgan fingerprint density at radius 2 is 1.78 bits per heavy atom. The van der Waals surface area contributed by atoms with Crippen molar-refractivity contribution in [1.29, 1.82) is 0 Å². The molecule has 2 aromatic carbocycles. The first kappa shape index (κ1) is 18.4. The van der Waals surface area contributed by atoms with E-state index in [-0.39, 0.29) is 11.7 Å². The van der Waals surface area contributed by atoms with Crippen molar-refractivity contribution in [3.05, 3.63) is 83.9 Å². The van der Waals surface area contributed by atoms with Gasteiger partial charge in [0.2, 0.25) is 0 Å². The van der Waals surface area contributed by atoms with E-state index in [4.69, 9.17) is 4.74 Å². The summed E-state index contributed by atoms with van der Waals surface area (Å²) in [4.78, 5) is 16.5. The van der Waals surface area contributed by atoms with Gasteiger partial charge < -0.3 is 15.4 Å². The number of nitrogens with one attached hydrogen (secondary N) is 2. The first-order valence-electron chi connectivity index (χ1n) is 8.62. The Morgan fingerprint density at radius 1 is 1.04 bits per heavy atom. The third-order valence-electron chi connectivity index (χ3n) is 3.83. The number of hydrogen-bond acceptors (Lipinski definition) is 4. The summed E-state index contributed by atoms with van der Waals surface area (Å²) in [6, 6.07) is 16.9. The van der Waals surface area contributed by atoms with Crippen LogP contribution in [0, 0.1) is 5.82 Å². The molecule has 0 bridgehead atoms. The number of anilines is 2. The average Bonchev–Trinajstić information content (AvgIpc) is 2.69. The van der Waals surface area contributed by atoms with Crippen LogP contribution in [0.1, 0.15) is 23.0 Å². The van der Waals surface area contributed by atoms with Crippen molar-refractivity contribution in [2.45, 2.75) is 13.5 Å². The number of ether oxygens (including phenoxy) is 1.